The molecule has 1 aliphatic carbocycles. The van der Waals surface area contributed by atoms with Gasteiger partial charge in [-0.1, -0.05) is 39.3 Å². The van der Waals surface area contributed by atoms with Gasteiger partial charge < -0.3 is 4.74 Å². The van der Waals surface area contributed by atoms with Gasteiger partial charge in [0.05, 0.1) is 6.10 Å². The third-order valence-electron chi connectivity index (χ3n) is 3.56. The predicted octanol–water partition coefficient (Wildman–Crippen LogP) is 4.70. The Balaban J connectivity index is 2.05. The van der Waals surface area contributed by atoms with Gasteiger partial charge in [0.2, 0.25) is 0 Å². The van der Waals surface area contributed by atoms with E-state index in [1.54, 1.807) is 0 Å². The number of hydrogen-bond donors (Lipinski definition) is 0. The summed E-state index contributed by atoms with van der Waals surface area (Å²) in [5, 5.41) is 0. The molecule has 1 saturated carbocycles. The molecule has 1 nitrogen and oxygen atoms in total. The van der Waals surface area contributed by atoms with Gasteiger partial charge in [0.15, 0.2) is 0 Å². The van der Waals surface area contributed by atoms with E-state index in [9.17, 15) is 0 Å². The monoisotopic (exact) mass is 232 g/mol. The summed E-state index contributed by atoms with van der Waals surface area (Å²) in [6.07, 6.45) is 6.91. The number of rotatable bonds is 2. The lowest BCUT2D eigenvalue weighted by Gasteiger charge is -2.25. The lowest BCUT2D eigenvalue weighted by atomic mass is 9.87. The Labute approximate surface area is 105 Å². The first-order chi connectivity index (χ1) is 8.05. The highest BCUT2D eigenvalue weighted by Gasteiger charge is 2.17. The van der Waals surface area contributed by atoms with Crippen molar-refractivity contribution in [1.29, 1.82) is 0 Å². The van der Waals surface area contributed by atoms with Crippen molar-refractivity contribution in [2.75, 3.05) is 0 Å². The Morgan fingerprint density at radius 2 is 1.76 bits per heavy atom. The summed E-state index contributed by atoms with van der Waals surface area (Å²) in [5.74, 6) is 1.05. The average molecular weight is 232 g/mol. The van der Waals surface area contributed by atoms with Crippen LogP contribution in [0.1, 0.15) is 58.4 Å². The lowest BCUT2D eigenvalue weighted by Crippen LogP contribution is -2.20. The molecular weight excluding hydrogens is 208 g/mol. The van der Waals surface area contributed by atoms with Crippen LogP contribution in [0.25, 0.3) is 0 Å². The molecule has 0 aliphatic heterocycles. The van der Waals surface area contributed by atoms with Gasteiger partial charge >= 0.3 is 0 Å². The maximum Gasteiger partial charge on any atom is 0.120 e. The van der Waals surface area contributed by atoms with Gasteiger partial charge in [-0.2, -0.15) is 0 Å². The highest BCUT2D eigenvalue weighted by molar-refractivity contribution is 5.32. The van der Waals surface area contributed by atoms with Crippen LogP contribution in [0.15, 0.2) is 24.3 Å². The standard InChI is InChI=1S/C16H24O/c1-16(2,3)13-8-7-11-15(12-13)17-14-9-5-4-6-10-14/h7-8,11-12,14H,4-6,9-10H2,1-3H3. The van der Waals surface area contributed by atoms with Gasteiger partial charge in [-0.05, 0) is 48.8 Å². The second-order valence-electron chi connectivity index (χ2n) is 6.16. The first-order valence-corrected chi connectivity index (χ1v) is 6.83. The van der Waals surface area contributed by atoms with E-state index >= 15 is 0 Å². The minimum absolute atomic E-state index is 0.200. The molecule has 0 heterocycles. The Morgan fingerprint density at radius 3 is 2.41 bits per heavy atom. The molecule has 94 valence electrons. The van der Waals surface area contributed by atoms with E-state index in [1.165, 1.54) is 37.7 Å². The van der Waals surface area contributed by atoms with E-state index in [0.29, 0.717) is 6.10 Å². The van der Waals surface area contributed by atoms with E-state index in [2.05, 4.69) is 45.0 Å². The average Bonchev–Trinajstić information content (AvgIpc) is 2.29. The summed E-state index contributed by atoms with van der Waals surface area (Å²) >= 11 is 0. The highest BCUT2D eigenvalue weighted by Crippen LogP contribution is 2.28. The summed E-state index contributed by atoms with van der Waals surface area (Å²) in [4.78, 5) is 0. The fourth-order valence-electron chi connectivity index (χ4n) is 2.41. The van der Waals surface area contributed by atoms with Crippen LogP contribution in [0, 0.1) is 0 Å². The van der Waals surface area contributed by atoms with Crippen LogP contribution in [0.5, 0.6) is 5.75 Å². The van der Waals surface area contributed by atoms with Crippen molar-refractivity contribution in [3.05, 3.63) is 29.8 Å². The minimum Gasteiger partial charge on any atom is -0.490 e. The number of hydrogen-bond acceptors (Lipinski definition) is 1. The quantitative estimate of drug-likeness (QED) is 0.718. The summed E-state index contributed by atoms with van der Waals surface area (Å²) < 4.78 is 6.09. The van der Waals surface area contributed by atoms with Crippen molar-refractivity contribution in [3.63, 3.8) is 0 Å². The van der Waals surface area contributed by atoms with Gasteiger partial charge in [-0.15, -0.1) is 0 Å². The molecule has 1 aliphatic rings. The predicted molar refractivity (Wildman–Crippen MR) is 72.6 cm³/mol. The molecule has 1 aromatic rings. The van der Waals surface area contributed by atoms with Crippen LogP contribution in [-0.2, 0) is 5.41 Å². The minimum atomic E-state index is 0.200. The summed E-state index contributed by atoms with van der Waals surface area (Å²) in [6.45, 7) is 6.73. The fourth-order valence-corrected chi connectivity index (χ4v) is 2.41. The van der Waals surface area contributed by atoms with E-state index in [-0.39, 0.29) is 5.41 Å². The molecule has 0 amide bonds. The third-order valence-corrected chi connectivity index (χ3v) is 3.56. The highest BCUT2D eigenvalue weighted by atomic mass is 16.5. The van der Waals surface area contributed by atoms with Crippen LogP contribution >= 0.6 is 0 Å². The number of benzene rings is 1. The lowest BCUT2D eigenvalue weighted by molar-refractivity contribution is 0.154. The first-order valence-electron chi connectivity index (χ1n) is 6.83. The molecule has 2 rings (SSSR count). The van der Waals surface area contributed by atoms with Gasteiger partial charge in [-0.25, -0.2) is 0 Å². The largest absolute Gasteiger partial charge is 0.490 e. The van der Waals surface area contributed by atoms with Crippen LogP contribution in [-0.4, -0.2) is 6.10 Å². The van der Waals surface area contributed by atoms with Crippen molar-refractivity contribution in [2.45, 2.75) is 64.4 Å². The van der Waals surface area contributed by atoms with E-state index in [0.717, 1.165) is 5.75 Å². The van der Waals surface area contributed by atoms with Crippen LogP contribution in [0.3, 0.4) is 0 Å². The normalized spacial score (nSPS) is 18.1. The zero-order valence-corrected chi connectivity index (χ0v) is 11.3. The maximum atomic E-state index is 6.09. The SMILES string of the molecule is CC(C)(C)c1cccc(OC2CCCCC2)c1. The molecule has 1 fully saturated rings. The molecule has 0 unspecified atom stereocenters. The molecule has 0 bridgehead atoms. The Kier molecular flexibility index (Phi) is 3.76. The summed E-state index contributed by atoms with van der Waals surface area (Å²) in [7, 11) is 0. The van der Waals surface area contributed by atoms with Crippen molar-refractivity contribution in [1.82, 2.24) is 0 Å². The second kappa shape index (κ2) is 5.12. The molecule has 17 heavy (non-hydrogen) atoms. The van der Waals surface area contributed by atoms with Crippen molar-refractivity contribution in [2.24, 2.45) is 0 Å². The molecule has 0 atom stereocenters. The van der Waals surface area contributed by atoms with E-state index in [4.69, 9.17) is 4.74 Å². The Bertz CT molecular complexity index is 356. The zero-order valence-electron chi connectivity index (χ0n) is 11.3. The van der Waals surface area contributed by atoms with E-state index in [1.807, 2.05) is 0 Å². The smallest absolute Gasteiger partial charge is 0.120 e. The molecule has 0 spiro atoms. The molecule has 0 saturated heterocycles. The molecule has 0 aromatic heterocycles. The molecule has 1 aromatic carbocycles. The van der Waals surface area contributed by atoms with Gasteiger partial charge in [-0.3, -0.25) is 0 Å². The molecule has 0 radical (unpaired) electrons. The molecular formula is C16H24O. The topological polar surface area (TPSA) is 9.23 Å². The first kappa shape index (κ1) is 12.5. The van der Waals surface area contributed by atoms with Crippen molar-refractivity contribution in [3.8, 4) is 5.75 Å². The van der Waals surface area contributed by atoms with Gasteiger partial charge in [0.1, 0.15) is 5.75 Å². The zero-order chi connectivity index (χ0) is 12.3. The van der Waals surface area contributed by atoms with Crippen LogP contribution in [0.2, 0.25) is 0 Å². The Morgan fingerprint density at radius 1 is 1.06 bits per heavy atom. The van der Waals surface area contributed by atoms with Crippen LogP contribution < -0.4 is 4.74 Å². The third kappa shape index (κ3) is 3.49. The molecule has 1 heteroatoms. The maximum absolute atomic E-state index is 6.09. The Hall–Kier alpha value is -0.980. The van der Waals surface area contributed by atoms with Gasteiger partial charge in [0, 0.05) is 0 Å². The summed E-state index contributed by atoms with van der Waals surface area (Å²) in [6, 6.07) is 8.59. The van der Waals surface area contributed by atoms with Gasteiger partial charge in [0.25, 0.3) is 0 Å². The van der Waals surface area contributed by atoms with Crippen molar-refractivity contribution >= 4 is 0 Å². The van der Waals surface area contributed by atoms with Crippen molar-refractivity contribution < 1.29 is 4.74 Å². The molecule has 0 N–H and O–H groups in total. The number of ether oxygens (including phenoxy) is 1. The van der Waals surface area contributed by atoms with Crippen LogP contribution in [0.4, 0.5) is 0 Å². The van der Waals surface area contributed by atoms with E-state index < -0.39 is 0 Å². The summed E-state index contributed by atoms with van der Waals surface area (Å²) in [5.41, 5.74) is 1.55. The fraction of sp³-hybridized carbons (Fsp3) is 0.625. The second-order valence-corrected chi connectivity index (χ2v) is 6.16.